The molecule has 0 saturated carbocycles. The molecule has 0 N–H and O–H groups in total. The van der Waals surface area contributed by atoms with E-state index in [1.54, 1.807) is 0 Å². The predicted molar refractivity (Wildman–Crippen MR) is 67.3 cm³/mol. The van der Waals surface area contributed by atoms with Crippen LogP contribution >= 0.6 is 0 Å². The number of alkyl halides is 3. The van der Waals surface area contributed by atoms with Crippen LogP contribution in [0, 0.1) is 5.82 Å². The molecule has 2 rings (SSSR count). The number of rotatable bonds is 3. The zero-order chi connectivity index (χ0) is 15.6. The minimum absolute atomic E-state index is 0.226. The second kappa shape index (κ2) is 6.01. The Kier molecular flexibility index (Phi) is 4.51. The number of ether oxygens (including phenoxy) is 1. The molecule has 0 radical (unpaired) electrons. The van der Waals surface area contributed by atoms with Crippen LogP contribution in [0.15, 0.2) is 18.2 Å². The highest BCUT2D eigenvalue weighted by Crippen LogP contribution is 2.33. The number of hydrogen-bond donors (Lipinski definition) is 0. The van der Waals surface area contributed by atoms with E-state index in [4.69, 9.17) is 4.74 Å². The highest BCUT2D eigenvalue weighted by atomic mass is 19.4. The van der Waals surface area contributed by atoms with Crippen LogP contribution in [-0.2, 0) is 10.9 Å². The molecule has 1 atom stereocenters. The Morgan fingerprint density at radius 3 is 2.76 bits per heavy atom. The Morgan fingerprint density at radius 2 is 2.14 bits per heavy atom. The van der Waals surface area contributed by atoms with Gasteiger partial charge in [0.25, 0.3) is 5.91 Å². The zero-order valence-electron chi connectivity index (χ0n) is 11.4. The summed E-state index contributed by atoms with van der Waals surface area (Å²) in [5.41, 5.74) is -1.97. The van der Waals surface area contributed by atoms with Crippen molar-refractivity contribution in [1.82, 2.24) is 4.90 Å². The van der Waals surface area contributed by atoms with Crippen LogP contribution in [0.5, 0.6) is 0 Å². The minimum Gasteiger partial charge on any atom is -0.383 e. The number of methoxy groups -OCH3 is 1. The van der Waals surface area contributed by atoms with Gasteiger partial charge in [0.2, 0.25) is 0 Å². The maximum Gasteiger partial charge on any atom is 0.419 e. The first-order valence-electron chi connectivity index (χ1n) is 6.52. The molecule has 21 heavy (non-hydrogen) atoms. The Morgan fingerprint density at radius 1 is 1.43 bits per heavy atom. The van der Waals surface area contributed by atoms with Crippen LogP contribution in [0.4, 0.5) is 17.6 Å². The molecule has 1 amide bonds. The van der Waals surface area contributed by atoms with E-state index in [9.17, 15) is 22.4 Å². The molecule has 1 heterocycles. The second-order valence-corrected chi connectivity index (χ2v) is 4.91. The summed E-state index contributed by atoms with van der Waals surface area (Å²) >= 11 is 0. The van der Waals surface area contributed by atoms with Gasteiger partial charge in [-0.3, -0.25) is 4.79 Å². The molecule has 7 heteroatoms. The van der Waals surface area contributed by atoms with Gasteiger partial charge in [-0.2, -0.15) is 13.2 Å². The molecular formula is C14H15F4NO2. The van der Waals surface area contributed by atoms with Crippen molar-refractivity contribution >= 4 is 5.91 Å². The molecule has 116 valence electrons. The van der Waals surface area contributed by atoms with Gasteiger partial charge in [-0.05, 0) is 25.0 Å². The lowest BCUT2D eigenvalue weighted by molar-refractivity contribution is -0.140. The number of likely N-dealkylation sites (tertiary alicyclic amines) is 1. The number of carbonyl (C=O) groups is 1. The molecular weight excluding hydrogens is 290 g/mol. The fraction of sp³-hybridized carbons (Fsp3) is 0.500. The lowest BCUT2D eigenvalue weighted by Gasteiger charge is -2.24. The van der Waals surface area contributed by atoms with Gasteiger partial charge in [0, 0.05) is 13.7 Å². The average Bonchev–Trinajstić information content (AvgIpc) is 2.85. The molecule has 3 nitrogen and oxygen atoms in total. The van der Waals surface area contributed by atoms with Crippen molar-refractivity contribution in [2.45, 2.75) is 25.1 Å². The topological polar surface area (TPSA) is 29.5 Å². The third-order valence-electron chi connectivity index (χ3n) is 3.53. The molecule has 0 spiro atoms. The van der Waals surface area contributed by atoms with E-state index in [2.05, 4.69) is 0 Å². The zero-order valence-corrected chi connectivity index (χ0v) is 11.4. The number of amides is 1. The van der Waals surface area contributed by atoms with E-state index in [1.807, 2.05) is 0 Å². The maximum absolute atomic E-state index is 14.0. The van der Waals surface area contributed by atoms with Crippen molar-refractivity contribution in [3.63, 3.8) is 0 Å². The van der Waals surface area contributed by atoms with Crippen molar-refractivity contribution < 1.29 is 27.1 Å². The molecule has 0 aliphatic carbocycles. The summed E-state index contributed by atoms with van der Waals surface area (Å²) in [5.74, 6) is -2.24. The SMILES string of the molecule is COC[C@@H]1CCCN1C(=O)c1cccc(C(F)(F)F)c1F. The summed E-state index contributed by atoms with van der Waals surface area (Å²) in [6, 6.07) is 2.52. The Labute approximate surface area is 119 Å². The van der Waals surface area contributed by atoms with Crippen molar-refractivity contribution in [2.75, 3.05) is 20.3 Å². The van der Waals surface area contributed by atoms with E-state index in [0.29, 0.717) is 19.0 Å². The van der Waals surface area contributed by atoms with Crippen molar-refractivity contribution in [2.24, 2.45) is 0 Å². The fourth-order valence-electron chi connectivity index (χ4n) is 2.54. The summed E-state index contributed by atoms with van der Waals surface area (Å²) < 4.78 is 57.0. The van der Waals surface area contributed by atoms with Crippen molar-refractivity contribution in [3.8, 4) is 0 Å². The summed E-state index contributed by atoms with van der Waals surface area (Å²) in [6.45, 7) is 0.675. The molecule has 0 bridgehead atoms. The van der Waals surface area contributed by atoms with Gasteiger partial charge in [-0.25, -0.2) is 4.39 Å². The fourth-order valence-corrected chi connectivity index (χ4v) is 2.54. The standard InChI is InChI=1S/C14H15F4NO2/c1-21-8-9-4-3-7-19(9)13(20)10-5-2-6-11(12(10)15)14(16,17)18/h2,5-6,9H,3-4,7-8H2,1H3/t9-/m0/s1. The molecule has 1 aliphatic heterocycles. The maximum atomic E-state index is 14.0. The van der Waals surface area contributed by atoms with Crippen LogP contribution in [0.2, 0.25) is 0 Å². The van der Waals surface area contributed by atoms with E-state index in [1.165, 1.54) is 12.0 Å². The lowest BCUT2D eigenvalue weighted by atomic mass is 10.1. The van der Waals surface area contributed by atoms with E-state index < -0.39 is 29.0 Å². The summed E-state index contributed by atoms with van der Waals surface area (Å²) in [5, 5.41) is 0. The molecule has 1 aliphatic rings. The Balaban J connectivity index is 2.32. The number of hydrogen-bond acceptors (Lipinski definition) is 2. The Bertz CT molecular complexity index is 530. The molecule has 1 fully saturated rings. The largest absolute Gasteiger partial charge is 0.419 e. The summed E-state index contributed by atoms with van der Waals surface area (Å²) in [4.78, 5) is 13.7. The van der Waals surface area contributed by atoms with Gasteiger partial charge >= 0.3 is 6.18 Å². The molecule has 0 aromatic heterocycles. The summed E-state index contributed by atoms with van der Waals surface area (Å²) in [7, 11) is 1.48. The van der Waals surface area contributed by atoms with Gasteiger partial charge in [-0.15, -0.1) is 0 Å². The first kappa shape index (κ1) is 15.8. The van der Waals surface area contributed by atoms with Gasteiger partial charge in [-0.1, -0.05) is 6.07 Å². The Hall–Kier alpha value is -1.63. The third kappa shape index (κ3) is 3.18. The third-order valence-corrected chi connectivity index (χ3v) is 3.53. The highest BCUT2D eigenvalue weighted by molar-refractivity contribution is 5.95. The van der Waals surface area contributed by atoms with E-state index >= 15 is 0 Å². The van der Waals surface area contributed by atoms with Crippen LogP contribution in [-0.4, -0.2) is 37.1 Å². The van der Waals surface area contributed by atoms with Gasteiger partial charge in [0.15, 0.2) is 0 Å². The number of halogens is 4. The highest BCUT2D eigenvalue weighted by Gasteiger charge is 2.37. The number of nitrogens with zero attached hydrogens (tertiary/aromatic N) is 1. The van der Waals surface area contributed by atoms with Gasteiger partial charge in [0.05, 0.1) is 23.8 Å². The number of benzene rings is 1. The van der Waals surface area contributed by atoms with E-state index in [-0.39, 0.29) is 12.6 Å². The predicted octanol–water partition coefficient (Wildman–Crippen LogP) is 3.10. The lowest BCUT2D eigenvalue weighted by Crippen LogP contribution is -2.38. The molecule has 1 aromatic rings. The van der Waals surface area contributed by atoms with Gasteiger partial charge < -0.3 is 9.64 Å². The van der Waals surface area contributed by atoms with Crippen molar-refractivity contribution in [1.29, 1.82) is 0 Å². The smallest absolute Gasteiger partial charge is 0.383 e. The monoisotopic (exact) mass is 305 g/mol. The van der Waals surface area contributed by atoms with Crippen LogP contribution in [0.3, 0.4) is 0 Å². The molecule has 1 saturated heterocycles. The first-order chi connectivity index (χ1) is 9.86. The van der Waals surface area contributed by atoms with Gasteiger partial charge in [0.1, 0.15) is 5.82 Å². The van der Waals surface area contributed by atoms with Crippen molar-refractivity contribution in [3.05, 3.63) is 35.1 Å². The van der Waals surface area contributed by atoms with E-state index in [0.717, 1.165) is 18.6 Å². The van der Waals surface area contributed by atoms with Crippen LogP contribution < -0.4 is 0 Å². The quantitative estimate of drug-likeness (QED) is 0.803. The average molecular weight is 305 g/mol. The normalized spacial score (nSPS) is 19.1. The molecule has 1 aromatic carbocycles. The number of carbonyl (C=O) groups excluding carboxylic acids is 1. The minimum atomic E-state index is -4.82. The van der Waals surface area contributed by atoms with Crippen LogP contribution in [0.25, 0.3) is 0 Å². The summed E-state index contributed by atoms with van der Waals surface area (Å²) in [6.07, 6.45) is -3.40. The molecule has 0 unspecified atom stereocenters. The second-order valence-electron chi connectivity index (χ2n) is 4.91. The first-order valence-corrected chi connectivity index (χ1v) is 6.52. The van der Waals surface area contributed by atoms with Crippen LogP contribution in [0.1, 0.15) is 28.8 Å².